The molecule has 9 heteroatoms. The second-order valence-electron chi connectivity index (χ2n) is 6.60. The van der Waals surface area contributed by atoms with Gasteiger partial charge in [0.05, 0.1) is 6.26 Å². The van der Waals surface area contributed by atoms with Crippen LogP contribution in [0.2, 0.25) is 0 Å². The third-order valence-electron chi connectivity index (χ3n) is 4.51. The van der Waals surface area contributed by atoms with Crippen molar-refractivity contribution in [3.05, 3.63) is 77.7 Å². The van der Waals surface area contributed by atoms with Crippen molar-refractivity contribution < 1.29 is 18.7 Å². The Labute approximate surface area is 197 Å². The molecule has 0 bridgehead atoms. The number of anilines is 1. The zero-order valence-corrected chi connectivity index (χ0v) is 19.2. The molecule has 1 amide bonds. The van der Waals surface area contributed by atoms with Crippen LogP contribution in [0.15, 0.2) is 70.3 Å². The van der Waals surface area contributed by atoms with E-state index in [1.807, 2.05) is 42.5 Å². The standard InChI is InChI=1S/C22H22N4O4.HI/c1-23-22(25-13-16-7-8-18-20(11-16)30-14-29-18)24-12-15-4-2-5-17(10-15)26-21(27)19-6-3-9-28-19;/h2-11H,12-14H2,1H3,(H,26,27)(H2,23,24,25);1H. The quantitative estimate of drug-likeness (QED) is 0.253. The van der Waals surface area contributed by atoms with Gasteiger partial charge in [-0.05, 0) is 47.5 Å². The Morgan fingerprint density at radius 1 is 0.968 bits per heavy atom. The van der Waals surface area contributed by atoms with Crippen molar-refractivity contribution >= 4 is 41.5 Å². The van der Waals surface area contributed by atoms with Crippen molar-refractivity contribution in [1.82, 2.24) is 10.6 Å². The van der Waals surface area contributed by atoms with Gasteiger partial charge in [-0.25, -0.2) is 0 Å². The molecule has 0 fully saturated rings. The number of ether oxygens (including phenoxy) is 2. The van der Waals surface area contributed by atoms with Gasteiger partial charge in [-0.1, -0.05) is 18.2 Å². The summed E-state index contributed by atoms with van der Waals surface area (Å²) in [6, 6.07) is 16.7. The van der Waals surface area contributed by atoms with Gasteiger partial charge in [0.1, 0.15) is 0 Å². The summed E-state index contributed by atoms with van der Waals surface area (Å²) in [6.45, 7) is 1.40. The van der Waals surface area contributed by atoms with Gasteiger partial charge < -0.3 is 29.8 Å². The lowest BCUT2D eigenvalue weighted by Crippen LogP contribution is -2.36. The van der Waals surface area contributed by atoms with Crippen LogP contribution in [-0.2, 0) is 13.1 Å². The summed E-state index contributed by atoms with van der Waals surface area (Å²) in [5.41, 5.74) is 2.75. The molecule has 2 heterocycles. The van der Waals surface area contributed by atoms with Crippen molar-refractivity contribution in [2.75, 3.05) is 19.2 Å². The Balaban J connectivity index is 0.00000272. The first kappa shape index (κ1) is 22.5. The predicted molar refractivity (Wildman–Crippen MR) is 128 cm³/mol. The number of carbonyl (C=O) groups is 1. The third kappa shape index (κ3) is 5.91. The molecule has 0 radical (unpaired) electrons. The van der Waals surface area contributed by atoms with Gasteiger partial charge in [-0.3, -0.25) is 9.79 Å². The number of nitrogens with one attached hydrogen (secondary N) is 3. The molecule has 3 N–H and O–H groups in total. The average Bonchev–Trinajstić information content (AvgIpc) is 3.46. The van der Waals surface area contributed by atoms with E-state index in [9.17, 15) is 4.79 Å². The van der Waals surface area contributed by atoms with Crippen LogP contribution in [0.25, 0.3) is 0 Å². The van der Waals surface area contributed by atoms with Crippen molar-refractivity contribution in [2.45, 2.75) is 13.1 Å². The van der Waals surface area contributed by atoms with E-state index >= 15 is 0 Å². The molecule has 0 saturated heterocycles. The lowest BCUT2D eigenvalue weighted by Gasteiger charge is -2.13. The summed E-state index contributed by atoms with van der Waals surface area (Å²) < 4.78 is 15.9. The highest BCUT2D eigenvalue weighted by molar-refractivity contribution is 14.0. The van der Waals surface area contributed by atoms with Gasteiger partial charge in [-0.2, -0.15) is 0 Å². The largest absolute Gasteiger partial charge is 0.459 e. The number of hydrogen-bond acceptors (Lipinski definition) is 5. The number of benzene rings is 2. The Morgan fingerprint density at radius 3 is 2.48 bits per heavy atom. The van der Waals surface area contributed by atoms with Crippen LogP contribution in [0.1, 0.15) is 21.7 Å². The van der Waals surface area contributed by atoms with E-state index in [0.29, 0.717) is 24.7 Å². The van der Waals surface area contributed by atoms with Crippen LogP contribution in [0.3, 0.4) is 0 Å². The minimum Gasteiger partial charge on any atom is -0.459 e. The zero-order chi connectivity index (χ0) is 20.8. The van der Waals surface area contributed by atoms with Crippen molar-refractivity contribution in [1.29, 1.82) is 0 Å². The first-order valence-electron chi connectivity index (χ1n) is 9.48. The molecule has 1 aliphatic heterocycles. The second-order valence-corrected chi connectivity index (χ2v) is 6.60. The summed E-state index contributed by atoms with van der Waals surface area (Å²) in [6.07, 6.45) is 1.47. The van der Waals surface area contributed by atoms with E-state index < -0.39 is 0 Å². The number of furan rings is 1. The fraction of sp³-hybridized carbons (Fsp3) is 0.182. The highest BCUT2D eigenvalue weighted by Crippen LogP contribution is 2.32. The number of nitrogens with zero attached hydrogens (tertiary/aromatic N) is 1. The fourth-order valence-electron chi connectivity index (χ4n) is 3.00. The first-order chi connectivity index (χ1) is 14.7. The van der Waals surface area contributed by atoms with Crippen molar-refractivity contribution in [3.63, 3.8) is 0 Å². The summed E-state index contributed by atoms with van der Waals surface area (Å²) in [4.78, 5) is 16.4. The Kier molecular flexibility index (Phi) is 7.76. The van der Waals surface area contributed by atoms with Gasteiger partial charge >= 0.3 is 0 Å². The number of halogens is 1. The van der Waals surface area contributed by atoms with Crippen LogP contribution in [0.5, 0.6) is 11.5 Å². The molecule has 0 spiro atoms. The second kappa shape index (κ2) is 10.7. The molecule has 1 aliphatic rings. The van der Waals surface area contributed by atoms with Crippen molar-refractivity contribution in [2.24, 2.45) is 4.99 Å². The molecule has 8 nitrogen and oxygen atoms in total. The van der Waals surface area contributed by atoms with E-state index in [1.54, 1.807) is 19.2 Å². The topological polar surface area (TPSA) is 97.1 Å². The summed E-state index contributed by atoms with van der Waals surface area (Å²) in [7, 11) is 1.72. The molecule has 1 aromatic heterocycles. The molecule has 0 saturated carbocycles. The molecule has 162 valence electrons. The molecule has 3 aromatic rings. The van der Waals surface area contributed by atoms with Crippen LogP contribution >= 0.6 is 24.0 Å². The van der Waals surface area contributed by atoms with Gasteiger partial charge in [0, 0.05) is 25.8 Å². The van der Waals surface area contributed by atoms with Gasteiger partial charge in [-0.15, -0.1) is 24.0 Å². The Hall–Kier alpha value is -3.21. The van der Waals surface area contributed by atoms with Gasteiger partial charge in [0.2, 0.25) is 6.79 Å². The fourth-order valence-corrected chi connectivity index (χ4v) is 3.00. The highest BCUT2D eigenvalue weighted by Gasteiger charge is 2.13. The van der Waals surface area contributed by atoms with E-state index in [1.165, 1.54) is 6.26 Å². The number of carbonyl (C=O) groups excluding carboxylic acids is 1. The van der Waals surface area contributed by atoms with E-state index in [2.05, 4.69) is 20.9 Å². The SMILES string of the molecule is CN=C(NCc1cccc(NC(=O)c2ccco2)c1)NCc1ccc2c(c1)OCO2.I. The normalized spacial score (nSPS) is 12.1. The maximum Gasteiger partial charge on any atom is 0.291 e. The Morgan fingerprint density at radius 2 is 1.74 bits per heavy atom. The Bertz CT molecular complexity index is 1050. The smallest absolute Gasteiger partial charge is 0.291 e. The lowest BCUT2D eigenvalue weighted by atomic mass is 10.2. The maximum atomic E-state index is 12.1. The number of amides is 1. The monoisotopic (exact) mass is 534 g/mol. The molecule has 0 unspecified atom stereocenters. The molecular formula is C22H23IN4O4. The number of guanidine groups is 1. The maximum absolute atomic E-state index is 12.1. The van der Waals surface area contributed by atoms with Gasteiger partial charge in [0.15, 0.2) is 23.2 Å². The van der Waals surface area contributed by atoms with E-state index in [-0.39, 0.29) is 42.4 Å². The van der Waals surface area contributed by atoms with Crippen molar-refractivity contribution in [3.8, 4) is 11.5 Å². The zero-order valence-electron chi connectivity index (χ0n) is 16.9. The summed E-state index contributed by atoms with van der Waals surface area (Å²) in [5.74, 6) is 2.17. The molecule has 0 atom stereocenters. The molecular weight excluding hydrogens is 511 g/mol. The number of rotatable bonds is 6. The third-order valence-corrected chi connectivity index (χ3v) is 4.51. The lowest BCUT2D eigenvalue weighted by molar-refractivity contribution is 0.0996. The average molecular weight is 534 g/mol. The molecule has 31 heavy (non-hydrogen) atoms. The molecule has 4 rings (SSSR count). The molecule has 0 aliphatic carbocycles. The predicted octanol–water partition coefficient (Wildman–Crippen LogP) is 3.74. The first-order valence-corrected chi connectivity index (χ1v) is 9.48. The van der Waals surface area contributed by atoms with Crippen LogP contribution < -0.4 is 25.4 Å². The highest BCUT2D eigenvalue weighted by atomic mass is 127. The van der Waals surface area contributed by atoms with Gasteiger partial charge in [0.25, 0.3) is 5.91 Å². The summed E-state index contributed by atoms with van der Waals surface area (Å²) >= 11 is 0. The van der Waals surface area contributed by atoms with E-state index in [0.717, 1.165) is 22.6 Å². The van der Waals surface area contributed by atoms with Crippen LogP contribution in [0, 0.1) is 0 Å². The summed E-state index contributed by atoms with van der Waals surface area (Å²) in [5, 5.41) is 9.37. The van der Waals surface area contributed by atoms with Crippen LogP contribution in [0.4, 0.5) is 5.69 Å². The van der Waals surface area contributed by atoms with E-state index in [4.69, 9.17) is 13.9 Å². The number of aliphatic imine (C=N–C) groups is 1. The minimum absolute atomic E-state index is 0. The molecule has 2 aromatic carbocycles. The minimum atomic E-state index is -0.286. The number of fused-ring (bicyclic) bond motifs is 1. The number of hydrogen-bond donors (Lipinski definition) is 3. The van der Waals surface area contributed by atoms with Crippen LogP contribution in [-0.4, -0.2) is 25.7 Å².